The van der Waals surface area contributed by atoms with Crippen LogP contribution in [0.15, 0.2) is 67.3 Å². The normalized spacial score (nSPS) is 11.6. The number of aromatic amines is 2. The number of hydrogen-bond donors (Lipinski definition) is 3. The second kappa shape index (κ2) is 9.56. The van der Waals surface area contributed by atoms with E-state index in [-0.39, 0.29) is 5.75 Å². The monoisotopic (exact) mass is 509 g/mol. The SMILES string of the molecule is CN(C)CCOc1cncc(-c2cc3c(-c4cc5c(-c6cc(O)cc(F)c6)nccc5[nH]4)n[nH]c3cn2)c1. The third kappa shape index (κ3) is 4.53. The van der Waals surface area contributed by atoms with Gasteiger partial charge in [-0.15, -0.1) is 0 Å². The first-order chi connectivity index (χ1) is 18.4. The Balaban J connectivity index is 1.38. The van der Waals surface area contributed by atoms with E-state index in [9.17, 15) is 9.50 Å². The smallest absolute Gasteiger partial charge is 0.138 e. The van der Waals surface area contributed by atoms with Gasteiger partial charge < -0.3 is 19.7 Å². The number of aromatic nitrogens is 6. The number of aromatic hydroxyl groups is 1. The molecule has 0 bridgehead atoms. The van der Waals surface area contributed by atoms with E-state index in [1.165, 1.54) is 12.1 Å². The molecule has 0 radical (unpaired) electrons. The van der Waals surface area contributed by atoms with Crippen LogP contribution < -0.4 is 4.74 Å². The van der Waals surface area contributed by atoms with E-state index in [0.29, 0.717) is 29.3 Å². The maximum atomic E-state index is 14.0. The summed E-state index contributed by atoms with van der Waals surface area (Å²) in [4.78, 5) is 18.8. The molecular formula is C28H24FN7O2. The van der Waals surface area contributed by atoms with Crippen molar-refractivity contribution < 1.29 is 14.2 Å². The second-order valence-electron chi connectivity index (χ2n) is 9.25. The maximum absolute atomic E-state index is 14.0. The molecule has 0 fully saturated rings. The average molecular weight is 510 g/mol. The molecule has 0 saturated heterocycles. The van der Waals surface area contributed by atoms with Gasteiger partial charge in [-0.05, 0) is 50.5 Å². The van der Waals surface area contributed by atoms with Crippen LogP contribution in [0.25, 0.3) is 55.7 Å². The molecule has 0 amide bonds. The Morgan fingerprint density at radius 3 is 2.63 bits per heavy atom. The average Bonchev–Trinajstić information content (AvgIpc) is 3.51. The molecule has 9 nitrogen and oxygen atoms in total. The number of pyridine rings is 3. The van der Waals surface area contributed by atoms with Crippen molar-refractivity contribution in [3.05, 3.63) is 73.1 Å². The summed E-state index contributed by atoms with van der Waals surface area (Å²) in [6.07, 6.45) is 6.83. The lowest BCUT2D eigenvalue weighted by atomic mass is 10.1. The zero-order chi connectivity index (χ0) is 26.2. The van der Waals surface area contributed by atoms with Crippen LogP contribution in [0.5, 0.6) is 11.5 Å². The highest BCUT2D eigenvalue weighted by Gasteiger charge is 2.16. The maximum Gasteiger partial charge on any atom is 0.138 e. The fraction of sp³-hybridized carbons (Fsp3) is 0.143. The number of nitrogens with one attached hydrogen (secondary N) is 2. The Kier molecular flexibility index (Phi) is 5.93. The molecule has 0 saturated carbocycles. The Morgan fingerprint density at radius 1 is 0.921 bits per heavy atom. The highest BCUT2D eigenvalue weighted by Crippen LogP contribution is 2.35. The second-order valence-corrected chi connectivity index (χ2v) is 9.25. The van der Waals surface area contributed by atoms with Gasteiger partial charge in [0.15, 0.2) is 0 Å². The van der Waals surface area contributed by atoms with E-state index in [1.807, 2.05) is 38.4 Å². The number of phenols is 1. The molecule has 0 aliphatic rings. The zero-order valence-corrected chi connectivity index (χ0v) is 20.7. The van der Waals surface area contributed by atoms with Crippen LogP contribution >= 0.6 is 0 Å². The molecule has 3 N–H and O–H groups in total. The molecule has 0 spiro atoms. The number of H-pyrrole nitrogens is 2. The van der Waals surface area contributed by atoms with E-state index < -0.39 is 5.82 Å². The van der Waals surface area contributed by atoms with Gasteiger partial charge in [0.2, 0.25) is 0 Å². The van der Waals surface area contributed by atoms with E-state index in [4.69, 9.17) is 4.74 Å². The molecule has 0 aliphatic carbocycles. The lowest BCUT2D eigenvalue weighted by Gasteiger charge is -2.11. The van der Waals surface area contributed by atoms with E-state index in [0.717, 1.165) is 51.4 Å². The number of rotatable bonds is 7. The highest BCUT2D eigenvalue weighted by molar-refractivity contribution is 6.00. The molecule has 0 atom stereocenters. The number of likely N-dealkylation sites (N-methyl/N-ethyl adjacent to an activating group) is 1. The zero-order valence-electron chi connectivity index (χ0n) is 20.7. The van der Waals surface area contributed by atoms with Crippen LogP contribution in [0, 0.1) is 5.82 Å². The van der Waals surface area contributed by atoms with Crippen molar-refractivity contribution in [1.29, 1.82) is 0 Å². The first-order valence-corrected chi connectivity index (χ1v) is 12.0. The van der Waals surface area contributed by atoms with Gasteiger partial charge in [0.05, 0.1) is 35.0 Å². The number of phenolic OH excluding ortho intramolecular Hbond substituents is 1. The topological polar surface area (TPSA) is 116 Å². The molecule has 1 aromatic carbocycles. The van der Waals surface area contributed by atoms with E-state index in [1.54, 1.807) is 24.8 Å². The predicted octanol–water partition coefficient (Wildman–Crippen LogP) is 5.02. The Hall–Kier alpha value is -4.83. The number of ether oxygens (including phenoxy) is 1. The van der Waals surface area contributed by atoms with Crippen LogP contribution in [0.2, 0.25) is 0 Å². The van der Waals surface area contributed by atoms with Crippen molar-refractivity contribution in [2.45, 2.75) is 0 Å². The third-order valence-corrected chi connectivity index (χ3v) is 6.22. The Labute approximate surface area is 217 Å². The fourth-order valence-corrected chi connectivity index (χ4v) is 4.39. The molecule has 6 aromatic rings. The predicted molar refractivity (Wildman–Crippen MR) is 143 cm³/mol. The summed E-state index contributed by atoms with van der Waals surface area (Å²) in [5.41, 5.74) is 5.66. The molecule has 6 rings (SSSR count). The summed E-state index contributed by atoms with van der Waals surface area (Å²) < 4.78 is 19.8. The Bertz CT molecular complexity index is 1760. The molecule has 190 valence electrons. The molecule has 5 aromatic heterocycles. The van der Waals surface area contributed by atoms with E-state index in [2.05, 4.69) is 35.0 Å². The van der Waals surface area contributed by atoms with Crippen LogP contribution in [-0.2, 0) is 0 Å². The first-order valence-electron chi connectivity index (χ1n) is 12.0. The molecule has 0 unspecified atom stereocenters. The van der Waals surface area contributed by atoms with Gasteiger partial charge in [-0.3, -0.25) is 20.1 Å². The first kappa shape index (κ1) is 23.6. The van der Waals surface area contributed by atoms with Gasteiger partial charge in [0.1, 0.15) is 29.6 Å². The lowest BCUT2D eigenvalue weighted by Crippen LogP contribution is -2.19. The van der Waals surface area contributed by atoms with Crippen molar-refractivity contribution >= 4 is 21.8 Å². The van der Waals surface area contributed by atoms with Gasteiger partial charge in [0, 0.05) is 52.4 Å². The summed E-state index contributed by atoms with van der Waals surface area (Å²) in [5, 5.41) is 19.1. The number of hydrogen-bond acceptors (Lipinski definition) is 7. The quantitative estimate of drug-likeness (QED) is 0.277. The van der Waals surface area contributed by atoms with Gasteiger partial charge in [-0.1, -0.05) is 0 Å². The largest absolute Gasteiger partial charge is 0.508 e. The van der Waals surface area contributed by atoms with Crippen molar-refractivity contribution in [1.82, 2.24) is 35.0 Å². The summed E-state index contributed by atoms with van der Waals surface area (Å²) in [6, 6.07) is 11.6. The third-order valence-electron chi connectivity index (χ3n) is 6.22. The molecular weight excluding hydrogens is 485 g/mol. The number of fused-ring (bicyclic) bond motifs is 2. The number of benzene rings is 1. The van der Waals surface area contributed by atoms with Gasteiger partial charge in [-0.2, -0.15) is 5.10 Å². The van der Waals surface area contributed by atoms with Crippen LogP contribution in [0.3, 0.4) is 0 Å². The van der Waals surface area contributed by atoms with Crippen LogP contribution in [0.4, 0.5) is 4.39 Å². The number of nitrogens with zero attached hydrogens (tertiary/aromatic N) is 5. The van der Waals surface area contributed by atoms with Gasteiger partial charge in [0.25, 0.3) is 0 Å². The summed E-state index contributed by atoms with van der Waals surface area (Å²) in [7, 11) is 3.99. The minimum Gasteiger partial charge on any atom is -0.508 e. The number of halogens is 1. The van der Waals surface area contributed by atoms with Crippen LogP contribution in [0.1, 0.15) is 0 Å². The minimum absolute atomic E-state index is 0.158. The van der Waals surface area contributed by atoms with Crippen molar-refractivity contribution in [3.63, 3.8) is 0 Å². The standard InChI is InChI=1S/C28H24FN7O2/c1-36(2)5-6-38-20-9-17(13-30-14-20)24-11-22-26(15-32-24)34-35-28(22)25-12-21-23(33-25)3-4-31-27(21)16-7-18(29)10-19(37)8-16/h3-4,7-15,33,37H,5-6H2,1-2H3,(H,34,35). The fourth-order valence-electron chi connectivity index (χ4n) is 4.39. The summed E-state index contributed by atoms with van der Waals surface area (Å²) >= 11 is 0. The van der Waals surface area contributed by atoms with Crippen molar-refractivity contribution in [2.75, 3.05) is 27.2 Å². The highest BCUT2D eigenvalue weighted by atomic mass is 19.1. The Morgan fingerprint density at radius 2 is 1.79 bits per heavy atom. The van der Waals surface area contributed by atoms with Crippen LogP contribution in [-0.4, -0.2) is 67.4 Å². The molecule has 10 heteroatoms. The van der Waals surface area contributed by atoms with Gasteiger partial charge >= 0.3 is 0 Å². The van der Waals surface area contributed by atoms with E-state index >= 15 is 0 Å². The molecule has 0 aliphatic heterocycles. The van der Waals surface area contributed by atoms with Crippen molar-refractivity contribution in [3.8, 4) is 45.4 Å². The molecule has 38 heavy (non-hydrogen) atoms. The lowest BCUT2D eigenvalue weighted by molar-refractivity contribution is 0.261. The summed E-state index contributed by atoms with van der Waals surface area (Å²) in [6.45, 7) is 1.36. The summed E-state index contributed by atoms with van der Waals surface area (Å²) in [5.74, 6) is -0.0122. The van der Waals surface area contributed by atoms with Gasteiger partial charge in [-0.25, -0.2) is 4.39 Å². The molecule has 5 heterocycles. The van der Waals surface area contributed by atoms with Crippen molar-refractivity contribution in [2.24, 2.45) is 0 Å². The minimum atomic E-state index is -0.533.